The summed E-state index contributed by atoms with van der Waals surface area (Å²) in [6.45, 7) is 2.28. The fourth-order valence-corrected chi connectivity index (χ4v) is 3.06. The Hall–Kier alpha value is -2.67. The molecule has 0 unspecified atom stereocenters. The van der Waals surface area contributed by atoms with Crippen molar-refractivity contribution >= 4 is 27.4 Å². The Bertz CT molecular complexity index is 888. The molecule has 2 rings (SSSR count). The Morgan fingerprint density at radius 2 is 1.73 bits per heavy atom. The zero-order chi connectivity index (χ0) is 19.2. The maximum atomic E-state index is 12.3. The number of carbonyl (C=O) groups excluding carboxylic acids is 2. The highest BCUT2D eigenvalue weighted by Crippen LogP contribution is 2.14. The second-order valence-corrected chi connectivity index (χ2v) is 8.08. The van der Waals surface area contributed by atoms with Crippen molar-refractivity contribution < 1.29 is 22.7 Å². The van der Waals surface area contributed by atoms with E-state index in [2.05, 4.69) is 5.32 Å². The normalized spacial score (nSPS) is 11.0. The van der Waals surface area contributed by atoms with Gasteiger partial charge in [0, 0.05) is 17.5 Å². The second-order valence-electron chi connectivity index (χ2n) is 5.94. The van der Waals surface area contributed by atoms with E-state index in [1.165, 1.54) is 0 Å². The van der Waals surface area contributed by atoms with Gasteiger partial charge in [-0.15, -0.1) is 0 Å². The van der Waals surface area contributed by atoms with Crippen LogP contribution < -0.4 is 5.32 Å². The van der Waals surface area contributed by atoms with Gasteiger partial charge in [-0.2, -0.15) is 0 Å². The lowest BCUT2D eigenvalue weighted by atomic mass is 10.1. The average molecular weight is 375 g/mol. The smallest absolute Gasteiger partial charge is 0.338 e. The van der Waals surface area contributed by atoms with Gasteiger partial charge in [0.2, 0.25) is 0 Å². The lowest BCUT2D eigenvalue weighted by Gasteiger charge is -2.08. The van der Waals surface area contributed by atoms with Crippen molar-refractivity contribution in [2.24, 2.45) is 0 Å². The van der Waals surface area contributed by atoms with E-state index in [1.54, 1.807) is 48.5 Å². The summed E-state index contributed by atoms with van der Waals surface area (Å²) in [6.07, 6.45) is 1.89. The minimum Gasteiger partial charge on any atom is -0.462 e. The Morgan fingerprint density at radius 1 is 1.04 bits per heavy atom. The second kappa shape index (κ2) is 8.62. The summed E-state index contributed by atoms with van der Waals surface area (Å²) in [5.74, 6) is -0.886. The molecular weight excluding hydrogens is 354 g/mol. The number of anilines is 1. The van der Waals surface area contributed by atoms with Gasteiger partial charge in [0.1, 0.15) is 0 Å². The number of nitrogens with one attached hydrogen (secondary N) is 1. The fraction of sp³-hybridized carbons (Fsp3) is 0.263. The first-order chi connectivity index (χ1) is 12.3. The third kappa shape index (κ3) is 6.00. The molecule has 7 heteroatoms. The van der Waals surface area contributed by atoms with Gasteiger partial charge in [-0.05, 0) is 48.4 Å². The molecule has 0 aliphatic rings. The molecule has 0 aliphatic carbocycles. The van der Waals surface area contributed by atoms with Crippen LogP contribution in [0.15, 0.2) is 48.5 Å². The Kier molecular flexibility index (Phi) is 6.52. The summed E-state index contributed by atoms with van der Waals surface area (Å²) in [5, 5.41) is 2.72. The van der Waals surface area contributed by atoms with Crippen LogP contribution in [0.2, 0.25) is 0 Å². The zero-order valence-electron chi connectivity index (χ0n) is 14.7. The molecular formula is C19H21NO5S. The molecule has 1 amide bonds. The summed E-state index contributed by atoms with van der Waals surface area (Å²) >= 11 is 0. The van der Waals surface area contributed by atoms with Gasteiger partial charge in [0.15, 0.2) is 9.84 Å². The lowest BCUT2D eigenvalue weighted by molar-refractivity contribution is 0.0505. The van der Waals surface area contributed by atoms with Gasteiger partial charge in [-0.25, -0.2) is 13.2 Å². The molecule has 0 spiro atoms. The molecule has 2 aromatic carbocycles. The number of esters is 1. The molecule has 138 valence electrons. The Morgan fingerprint density at radius 3 is 2.35 bits per heavy atom. The third-order valence-electron chi connectivity index (χ3n) is 3.43. The first-order valence-electron chi connectivity index (χ1n) is 8.13. The minimum atomic E-state index is -3.17. The van der Waals surface area contributed by atoms with Crippen LogP contribution in [0.3, 0.4) is 0 Å². The SMILES string of the molecule is CCCOC(=O)c1ccc(NC(=O)c2cccc(CS(C)(=O)=O)c2)cc1. The summed E-state index contributed by atoms with van der Waals surface area (Å²) in [4.78, 5) is 24.1. The van der Waals surface area contributed by atoms with Crippen molar-refractivity contribution in [3.05, 3.63) is 65.2 Å². The zero-order valence-corrected chi connectivity index (χ0v) is 15.5. The topological polar surface area (TPSA) is 89.5 Å². The maximum absolute atomic E-state index is 12.3. The number of rotatable bonds is 7. The quantitative estimate of drug-likeness (QED) is 0.751. The van der Waals surface area contributed by atoms with Gasteiger partial charge < -0.3 is 10.1 Å². The van der Waals surface area contributed by atoms with Gasteiger partial charge in [-0.1, -0.05) is 19.1 Å². The first kappa shape index (κ1) is 19.7. The van der Waals surface area contributed by atoms with Crippen molar-refractivity contribution in [1.82, 2.24) is 0 Å². The van der Waals surface area contributed by atoms with Crippen LogP contribution in [-0.2, 0) is 20.3 Å². The Labute approximate surface area is 153 Å². The number of amides is 1. The fourth-order valence-electron chi connectivity index (χ4n) is 2.28. The van der Waals surface area contributed by atoms with E-state index in [9.17, 15) is 18.0 Å². The van der Waals surface area contributed by atoms with Gasteiger partial charge in [0.25, 0.3) is 5.91 Å². The van der Waals surface area contributed by atoms with Crippen LogP contribution >= 0.6 is 0 Å². The highest BCUT2D eigenvalue weighted by Gasteiger charge is 2.11. The van der Waals surface area contributed by atoms with Crippen molar-refractivity contribution in [2.45, 2.75) is 19.1 Å². The van der Waals surface area contributed by atoms with E-state index in [-0.39, 0.29) is 11.7 Å². The number of ether oxygens (including phenoxy) is 1. The molecule has 0 heterocycles. The highest BCUT2D eigenvalue weighted by molar-refractivity contribution is 7.89. The van der Waals surface area contributed by atoms with Crippen LogP contribution in [0.1, 0.15) is 39.6 Å². The van der Waals surface area contributed by atoms with Crippen molar-refractivity contribution in [3.63, 3.8) is 0 Å². The summed E-state index contributed by atoms with van der Waals surface area (Å²) in [7, 11) is -3.17. The van der Waals surface area contributed by atoms with E-state index in [4.69, 9.17) is 4.74 Å². The monoisotopic (exact) mass is 375 g/mol. The van der Waals surface area contributed by atoms with E-state index in [0.29, 0.717) is 29.0 Å². The van der Waals surface area contributed by atoms with Crippen molar-refractivity contribution in [1.29, 1.82) is 0 Å². The average Bonchev–Trinajstić information content (AvgIpc) is 2.59. The standard InChI is InChI=1S/C19H21NO5S/c1-3-11-25-19(22)15-7-9-17(10-8-15)20-18(21)16-6-4-5-14(12-16)13-26(2,23)24/h4-10,12H,3,11,13H2,1-2H3,(H,20,21). The first-order valence-corrected chi connectivity index (χ1v) is 10.2. The lowest BCUT2D eigenvalue weighted by Crippen LogP contribution is -2.13. The number of sulfone groups is 1. The molecule has 1 N–H and O–H groups in total. The predicted octanol–water partition coefficient (Wildman–Crippen LogP) is 3.05. The molecule has 0 aliphatic heterocycles. The minimum absolute atomic E-state index is 0.122. The van der Waals surface area contributed by atoms with Crippen LogP contribution in [0.4, 0.5) is 5.69 Å². The maximum Gasteiger partial charge on any atom is 0.338 e. The number of hydrogen-bond donors (Lipinski definition) is 1. The van der Waals surface area contributed by atoms with Gasteiger partial charge in [-0.3, -0.25) is 4.79 Å². The summed E-state index contributed by atoms with van der Waals surface area (Å²) < 4.78 is 27.8. The molecule has 0 radical (unpaired) electrons. The van der Waals surface area contributed by atoms with Crippen molar-refractivity contribution in [3.8, 4) is 0 Å². The molecule has 0 atom stereocenters. The van der Waals surface area contributed by atoms with Crippen molar-refractivity contribution in [2.75, 3.05) is 18.2 Å². The van der Waals surface area contributed by atoms with E-state index in [0.717, 1.165) is 12.7 Å². The van der Waals surface area contributed by atoms with Gasteiger partial charge >= 0.3 is 5.97 Å². The number of carbonyl (C=O) groups is 2. The molecule has 0 bridgehead atoms. The summed E-state index contributed by atoms with van der Waals surface area (Å²) in [6, 6.07) is 12.8. The largest absolute Gasteiger partial charge is 0.462 e. The molecule has 0 fully saturated rings. The van der Waals surface area contributed by atoms with Crippen LogP contribution in [0.5, 0.6) is 0 Å². The third-order valence-corrected chi connectivity index (χ3v) is 4.29. The number of benzene rings is 2. The highest BCUT2D eigenvalue weighted by atomic mass is 32.2. The molecule has 6 nitrogen and oxygen atoms in total. The number of hydrogen-bond acceptors (Lipinski definition) is 5. The van der Waals surface area contributed by atoms with Crippen LogP contribution in [0, 0.1) is 0 Å². The molecule has 26 heavy (non-hydrogen) atoms. The van der Waals surface area contributed by atoms with E-state index < -0.39 is 15.8 Å². The molecule has 0 saturated carbocycles. The van der Waals surface area contributed by atoms with Crippen LogP contribution in [-0.4, -0.2) is 33.2 Å². The van der Waals surface area contributed by atoms with Gasteiger partial charge in [0.05, 0.1) is 17.9 Å². The molecule has 2 aromatic rings. The summed E-state index contributed by atoms with van der Waals surface area (Å²) in [5.41, 5.74) is 1.84. The molecule has 0 saturated heterocycles. The van der Waals surface area contributed by atoms with E-state index >= 15 is 0 Å². The Balaban J connectivity index is 2.05. The predicted molar refractivity (Wildman–Crippen MR) is 100.0 cm³/mol. The molecule has 0 aromatic heterocycles. The van der Waals surface area contributed by atoms with E-state index in [1.807, 2.05) is 6.92 Å². The van der Waals surface area contributed by atoms with Crippen LogP contribution in [0.25, 0.3) is 0 Å².